The van der Waals surface area contributed by atoms with Crippen molar-refractivity contribution in [1.29, 1.82) is 0 Å². The highest BCUT2D eigenvalue weighted by Gasteiger charge is 2.39. The predicted octanol–water partition coefficient (Wildman–Crippen LogP) is 4.80. The molecule has 0 spiro atoms. The first-order chi connectivity index (χ1) is 14.1. The molecule has 0 bridgehead atoms. The lowest BCUT2D eigenvalue weighted by molar-refractivity contribution is -0.119. The van der Waals surface area contributed by atoms with Crippen molar-refractivity contribution < 1.29 is 9.53 Å². The zero-order valence-electron chi connectivity index (χ0n) is 16.7. The summed E-state index contributed by atoms with van der Waals surface area (Å²) in [6.07, 6.45) is 6.93. The van der Waals surface area contributed by atoms with E-state index in [9.17, 15) is 4.79 Å². The lowest BCUT2D eigenvalue weighted by Gasteiger charge is -2.29. The molecule has 0 aliphatic heterocycles. The Balaban J connectivity index is 1.45. The lowest BCUT2D eigenvalue weighted by Crippen LogP contribution is -2.31. The minimum Gasteiger partial charge on any atom is -0.489 e. The van der Waals surface area contributed by atoms with Gasteiger partial charge in [0.2, 0.25) is 5.91 Å². The minimum atomic E-state index is -0.209. The molecule has 1 fully saturated rings. The SMILES string of the molecule is NC(=O)CC1(c2cccn2Cc2ccc(OCc3ccccc3)cc2)CCCC1. The summed E-state index contributed by atoms with van der Waals surface area (Å²) < 4.78 is 8.16. The Morgan fingerprint density at radius 3 is 2.34 bits per heavy atom. The standard InChI is InChI=1S/C25H28N2O2/c26-24(28)17-25(14-4-5-15-25)23-9-6-16-27(23)18-20-10-12-22(13-11-20)29-19-21-7-2-1-3-8-21/h1-3,6-13,16H,4-5,14-15,17-19H2,(H2,26,28). The van der Waals surface area contributed by atoms with E-state index >= 15 is 0 Å². The van der Waals surface area contributed by atoms with Crippen LogP contribution in [-0.4, -0.2) is 10.5 Å². The quantitative estimate of drug-likeness (QED) is 0.602. The van der Waals surface area contributed by atoms with E-state index in [-0.39, 0.29) is 11.3 Å². The minimum absolute atomic E-state index is 0.103. The van der Waals surface area contributed by atoms with E-state index in [1.54, 1.807) is 0 Å². The Kier molecular flexibility index (Phi) is 5.70. The third-order valence-electron chi connectivity index (χ3n) is 5.97. The van der Waals surface area contributed by atoms with Crippen molar-refractivity contribution in [1.82, 2.24) is 4.57 Å². The molecule has 4 heteroatoms. The number of amides is 1. The third-order valence-corrected chi connectivity index (χ3v) is 5.97. The Hall–Kier alpha value is -3.01. The number of benzene rings is 2. The molecule has 1 aliphatic rings. The third kappa shape index (κ3) is 4.53. The first-order valence-corrected chi connectivity index (χ1v) is 10.3. The first-order valence-electron chi connectivity index (χ1n) is 10.3. The Morgan fingerprint density at radius 1 is 0.931 bits per heavy atom. The lowest BCUT2D eigenvalue weighted by atomic mass is 9.79. The van der Waals surface area contributed by atoms with E-state index in [1.165, 1.54) is 11.3 Å². The number of hydrogen-bond acceptors (Lipinski definition) is 2. The van der Waals surface area contributed by atoms with E-state index in [4.69, 9.17) is 10.5 Å². The average Bonchev–Trinajstić information content (AvgIpc) is 3.38. The van der Waals surface area contributed by atoms with Crippen molar-refractivity contribution in [3.05, 3.63) is 89.7 Å². The summed E-state index contributed by atoms with van der Waals surface area (Å²) in [7, 11) is 0. The largest absolute Gasteiger partial charge is 0.489 e. The molecule has 4 rings (SSSR count). The van der Waals surface area contributed by atoms with Crippen molar-refractivity contribution in [2.24, 2.45) is 5.73 Å². The van der Waals surface area contributed by atoms with Gasteiger partial charge in [-0.2, -0.15) is 0 Å². The topological polar surface area (TPSA) is 57.2 Å². The number of ether oxygens (including phenoxy) is 1. The summed E-state index contributed by atoms with van der Waals surface area (Å²) in [5.74, 6) is 0.658. The molecule has 1 aromatic heterocycles. The van der Waals surface area contributed by atoms with Gasteiger partial charge in [-0.3, -0.25) is 4.79 Å². The van der Waals surface area contributed by atoms with Gasteiger partial charge in [-0.15, -0.1) is 0 Å². The van der Waals surface area contributed by atoms with Gasteiger partial charge >= 0.3 is 0 Å². The fourth-order valence-corrected chi connectivity index (χ4v) is 4.57. The monoisotopic (exact) mass is 388 g/mol. The second kappa shape index (κ2) is 8.56. The molecule has 0 saturated heterocycles. The number of carbonyl (C=O) groups is 1. The second-order valence-corrected chi connectivity index (χ2v) is 8.07. The van der Waals surface area contributed by atoms with E-state index < -0.39 is 0 Å². The van der Waals surface area contributed by atoms with Gasteiger partial charge in [-0.05, 0) is 48.2 Å². The molecule has 4 nitrogen and oxygen atoms in total. The Bertz CT molecular complexity index is 938. The zero-order chi connectivity index (χ0) is 20.1. The van der Waals surface area contributed by atoms with Crippen LogP contribution in [0.5, 0.6) is 5.75 Å². The van der Waals surface area contributed by atoms with Crippen LogP contribution in [-0.2, 0) is 23.4 Å². The molecular formula is C25H28N2O2. The van der Waals surface area contributed by atoms with E-state index in [2.05, 4.69) is 47.2 Å². The number of primary amides is 1. The summed E-state index contributed by atoms with van der Waals surface area (Å²) in [6, 6.07) is 22.7. The van der Waals surface area contributed by atoms with Crippen molar-refractivity contribution in [3.63, 3.8) is 0 Å². The van der Waals surface area contributed by atoms with Crippen LogP contribution in [0.1, 0.15) is 48.9 Å². The van der Waals surface area contributed by atoms with Gasteiger partial charge in [0.25, 0.3) is 0 Å². The van der Waals surface area contributed by atoms with Gasteiger partial charge in [-0.25, -0.2) is 0 Å². The van der Waals surface area contributed by atoms with Crippen LogP contribution < -0.4 is 10.5 Å². The molecule has 2 N–H and O–H groups in total. The molecule has 150 valence electrons. The predicted molar refractivity (Wildman–Crippen MR) is 115 cm³/mol. The highest BCUT2D eigenvalue weighted by atomic mass is 16.5. The molecule has 3 aromatic rings. The van der Waals surface area contributed by atoms with E-state index in [0.717, 1.165) is 43.5 Å². The number of nitrogens with zero attached hydrogens (tertiary/aromatic N) is 1. The van der Waals surface area contributed by atoms with Crippen molar-refractivity contribution in [3.8, 4) is 5.75 Å². The van der Waals surface area contributed by atoms with Crippen LogP contribution in [0, 0.1) is 0 Å². The molecule has 1 saturated carbocycles. The van der Waals surface area contributed by atoms with Gasteiger partial charge < -0.3 is 15.0 Å². The highest BCUT2D eigenvalue weighted by Crippen LogP contribution is 2.44. The van der Waals surface area contributed by atoms with Crippen molar-refractivity contribution in [2.45, 2.75) is 50.7 Å². The molecule has 0 radical (unpaired) electrons. The highest BCUT2D eigenvalue weighted by molar-refractivity contribution is 5.75. The molecule has 0 unspecified atom stereocenters. The maximum atomic E-state index is 11.7. The summed E-state index contributed by atoms with van der Waals surface area (Å²) in [4.78, 5) is 11.7. The maximum Gasteiger partial charge on any atom is 0.218 e. The van der Waals surface area contributed by atoms with Gasteiger partial charge in [0.05, 0.1) is 0 Å². The van der Waals surface area contributed by atoms with Crippen molar-refractivity contribution in [2.75, 3.05) is 0 Å². The number of aromatic nitrogens is 1. The normalized spacial score (nSPS) is 15.3. The van der Waals surface area contributed by atoms with Crippen LogP contribution >= 0.6 is 0 Å². The summed E-state index contributed by atoms with van der Waals surface area (Å²) in [6.45, 7) is 1.35. The first kappa shape index (κ1) is 19.3. The van der Waals surface area contributed by atoms with E-state index in [1.807, 2.05) is 30.3 Å². The number of carbonyl (C=O) groups excluding carboxylic acids is 1. The van der Waals surface area contributed by atoms with Crippen LogP contribution in [0.3, 0.4) is 0 Å². The fourth-order valence-electron chi connectivity index (χ4n) is 4.57. The fraction of sp³-hybridized carbons (Fsp3) is 0.320. The zero-order valence-corrected chi connectivity index (χ0v) is 16.7. The summed E-state index contributed by atoms with van der Waals surface area (Å²) >= 11 is 0. The average molecular weight is 389 g/mol. The molecule has 1 aliphatic carbocycles. The molecule has 2 aromatic carbocycles. The van der Waals surface area contributed by atoms with Gasteiger partial charge in [-0.1, -0.05) is 55.3 Å². The van der Waals surface area contributed by atoms with Gasteiger partial charge in [0.15, 0.2) is 0 Å². The Labute approximate surface area is 172 Å². The molecule has 1 heterocycles. The van der Waals surface area contributed by atoms with Crippen LogP contribution in [0.2, 0.25) is 0 Å². The summed E-state index contributed by atoms with van der Waals surface area (Å²) in [5.41, 5.74) is 9.09. The van der Waals surface area contributed by atoms with Crippen LogP contribution in [0.4, 0.5) is 0 Å². The number of nitrogens with two attached hydrogens (primary N) is 1. The van der Waals surface area contributed by atoms with Gasteiger partial charge in [0, 0.05) is 30.3 Å². The van der Waals surface area contributed by atoms with Crippen molar-refractivity contribution >= 4 is 5.91 Å². The van der Waals surface area contributed by atoms with Crippen LogP contribution in [0.25, 0.3) is 0 Å². The molecule has 29 heavy (non-hydrogen) atoms. The molecular weight excluding hydrogens is 360 g/mol. The number of rotatable bonds is 8. The molecule has 0 atom stereocenters. The second-order valence-electron chi connectivity index (χ2n) is 8.07. The molecule has 1 amide bonds. The van der Waals surface area contributed by atoms with Crippen LogP contribution in [0.15, 0.2) is 72.9 Å². The van der Waals surface area contributed by atoms with E-state index in [0.29, 0.717) is 13.0 Å². The number of hydrogen-bond donors (Lipinski definition) is 1. The smallest absolute Gasteiger partial charge is 0.218 e. The maximum absolute atomic E-state index is 11.7. The Morgan fingerprint density at radius 2 is 1.66 bits per heavy atom. The summed E-state index contributed by atoms with van der Waals surface area (Å²) in [5, 5.41) is 0. The van der Waals surface area contributed by atoms with Gasteiger partial charge in [0.1, 0.15) is 12.4 Å².